The van der Waals surface area contributed by atoms with Crippen molar-refractivity contribution >= 4 is 0 Å². The lowest BCUT2D eigenvalue weighted by molar-refractivity contribution is 0.131. The van der Waals surface area contributed by atoms with Gasteiger partial charge >= 0.3 is 0 Å². The third-order valence-electron chi connectivity index (χ3n) is 2.78. The number of aliphatic hydroxyl groups is 1. The summed E-state index contributed by atoms with van der Waals surface area (Å²) in [5, 5.41) is 9.80. The van der Waals surface area contributed by atoms with Gasteiger partial charge in [-0.15, -0.1) is 0 Å². The van der Waals surface area contributed by atoms with Crippen LogP contribution in [-0.4, -0.2) is 11.2 Å². The van der Waals surface area contributed by atoms with Gasteiger partial charge in [-0.2, -0.15) is 0 Å². The Labute approximate surface area is 96.3 Å². The Bertz CT molecular complexity index is 341. The van der Waals surface area contributed by atoms with Crippen LogP contribution in [0.4, 0.5) is 4.39 Å². The molecule has 1 aromatic rings. The van der Waals surface area contributed by atoms with E-state index in [0.29, 0.717) is 12.0 Å². The van der Waals surface area contributed by atoms with Crippen LogP contribution >= 0.6 is 0 Å². The van der Waals surface area contributed by atoms with Gasteiger partial charge in [0, 0.05) is 5.56 Å². The number of aliphatic hydroxyl groups excluding tert-OH is 1. The maximum atomic E-state index is 13.6. The van der Waals surface area contributed by atoms with Crippen LogP contribution < -0.4 is 5.73 Å². The van der Waals surface area contributed by atoms with Gasteiger partial charge in [0.2, 0.25) is 0 Å². The molecule has 0 spiro atoms. The average molecular weight is 225 g/mol. The molecule has 90 valence electrons. The Morgan fingerprint density at radius 2 is 2.12 bits per heavy atom. The van der Waals surface area contributed by atoms with Crippen molar-refractivity contribution in [3.05, 3.63) is 35.1 Å². The van der Waals surface area contributed by atoms with Gasteiger partial charge in [-0.05, 0) is 25.0 Å². The standard InChI is InChI=1S/C13H20FNO/c1-3-4-5-12(16)13(15)10-7-6-9(2)8-11(10)14/h6-8,12-13,16H,3-5,15H2,1-2H3/t12-,13+/m0/s1. The number of hydrogen-bond donors (Lipinski definition) is 2. The van der Waals surface area contributed by atoms with Crippen LogP contribution in [0.5, 0.6) is 0 Å². The monoisotopic (exact) mass is 225 g/mol. The van der Waals surface area contributed by atoms with Crippen LogP contribution in [0.15, 0.2) is 18.2 Å². The summed E-state index contributed by atoms with van der Waals surface area (Å²) < 4.78 is 13.6. The predicted molar refractivity (Wildman–Crippen MR) is 63.6 cm³/mol. The zero-order valence-electron chi connectivity index (χ0n) is 9.91. The lowest BCUT2D eigenvalue weighted by atomic mass is 9.97. The van der Waals surface area contributed by atoms with Gasteiger partial charge in [0.1, 0.15) is 5.82 Å². The molecule has 0 aliphatic carbocycles. The van der Waals surface area contributed by atoms with Gasteiger partial charge in [-0.25, -0.2) is 4.39 Å². The molecule has 0 fully saturated rings. The first-order valence-electron chi connectivity index (χ1n) is 5.76. The molecular formula is C13H20FNO. The SMILES string of the molecule is CCCC[C@H](O)[C@H](N)c1ccc(C)cc1F. The summed E-state index contributed by atoms with van der Waals surface area (Å²) in [5.41, 5.74) is 7.10. The zero-order chi connectivity index (χ0) is 12.1. The van der Waals surface area contributed by atoms with E-state index in [1.165, 1.54) is 6.07 Å². The van der Waals surface area contributed by atoms with Crippen molar-refractivity contribution in [3.8, 4) is 0 Å². The van der Waals surface area contributed by atoms with Gasteiger partial charge in [-0.1, -0.05) is 31.9 Å². The summed E-state index contributed by atoms with van der Waals surface area (Å²) in [5.74, 6) is -0.331. The van der Waals surface area contributed by atoms with Gasteiger partial charge < -0.3 is 10.8 Å². The van der Waals surface area contributed by atoms with Gasteiger partial charge in [0.15, 0.2) is 0 Å². The molecule has 2 atom stereocenters. The summed E-state index contributed by atoms with van der Waals surface area (Å²) in [6.07, 6.45) is 1.85. The first-order valence-corrected chi connectivity index (χ1v) is 5.76. The minimum absolute atomic E-state index is 0.331. The molecule has 0 bridgehead atoms. The Kier molecular flexibility index (Phi) is 4.90. The fraction of sp³-hybridized carbons (Fsp3) is 0.538. The molecule has 1 aromatic carbocycles. The van der Waals surface area contributed by atoms with E-state index in [1.54, 1.807) is 6.07 Å². The van der Waals surface area contributed by atoms with E-state index in [4.69, 9.17) is 5.73 Å². The Morgan fingerprint density at radius 3 is 2.69 bits per heavy atom. The maximum Gasteiger partial charge on any atom is 0.128 e. The van der Waals surface area contributed by atoms with Crippen molar-refractivity contribution in [2.75, 3.05) is 0 Å². The largest absolute Gasteiger partial charge is 0.391 e. The molecule has 1 rings (SSSR count). The lowest BCUT2D eigenvalue weighted by Gasteiger charge is -2.19. The molecule has 0 aliphatic rings. The Balaban J connectivity index is 2.75. The highest BCUT2D eigenvalue weighted by atomic mass is 19.1. The van der Waals surface area contributed by atoms with E-state index in [9.17, 15) is 9.50 Å². The fourth-order valence-corrected chi connectivity index (χ4v) is 1.70. The molecule has 0 aliphatic heterocycles. The quantitative estimate of drug-likeness (QED) is 0.809. The molecule has 0 heterocycles. The predicted octanol–water partition coefficient (Wildman–Crippen LogP) is 2.69. The van der Waals surface area contributed by atoms with E-state index in [1.807, 2.05) is 19.9 Å². The molecule has 0 radical (unpaired) electrons. The van der Waals surface area contributed by atoms with Crippen molar-refractivity contribution in [2.24, 2.45) is 5.73 Å². The van der Waals surface area contributed by atoms with Crippen molar-refractivity contribution in [1.82, 2.24) is 0 Å². The second-order valence-electron chi connectivity index (χ2n) is 4.26. The van der Waals surface area contributed by atoms with E-state index in [-0.39, 0.29) is 5.82 Å². The van der Waals surface area contributed by atoms with Gasteiger partial charge in [0.05, 0.1) is 12.1 Å². The Morgan fingerprint density at radius 1 is 1.44 bits per heavy atom. The van der Waals surface area contributed by atoms with E-state index >= 15 is 0 Å². The third-order valence-corrected chi connectivity index (χ3v) is 2.78. The molecule has 0 amide bonds. The number of rotatable bonds is 5. The van der Waals surface area contributed by atoms with Crippen molar-refractivity contribution in [1.29, 1.82) is 0 Å². The summed E-state index contributed by atoms with van der Waals surface area (Å²) >= 11 is 0. The van der Waals surface area contributed by atoms with Crippen LogP contribution in [0.1, 0.15) is 43.4 Å². The highest BCUT2D eigenvalue weighted by Crippen LogP contribution is 2.21. The number of hydrogen-bond acceptors (Lipinski definition) is 2. The van der Waals surface area contributed by atoms with Gasteiger partial charge in [-0.3, -0.25) is 0 Å². The number of unbranched alkanes of at least 4 members (excludes halogenated alkanes) is 1. The fourth-order valence-electron chi connectivity index (χ4n) is 1.70. The summed E-state index contributed by atoms with van der Waals surface area (Å²) in [4.78, 5) is 0. The minimum Gasteiger partial charge on any atom is -0.391 e. The second-order valence-corrected chi connectivity index (χ2v) is 4.26. The van der Waals surface area contributed by atoms with Gasteiger partial charge in [0.25, 0.3) is 0 Å². The van der Waals surface area contributed by atoms with E-state index in [0.717, 1.165) is 18.4 Å². The van der Waals surface area contributed by atoms with E-state index < -0.39 is 12.1 Å². The van der Waals surface area contributed by atoms with Crippen molar-refractivity contribution < 1.29 is 9.50 Å². The molecule has 16 heavy (non-hydrogen) atoms. The first kappa shape index (κ1) is 13.1. The number of nitrogens with two attached hydrogens (primary N) is 1. The smallest absolute Gasteiger partial charge is 0.128 e. The van der Waals surface area contributed by atoms with Crippen LogP contribution in [0.2, 0.25) is 0 Å². The molecule has 2 nitrogen and oxygen atoms in total. The lowest BCUT2D eigenvalue weighted by Crippen LogP contribution is -2.27. The first-order chi connectivity index (χ1) is 7.56. The molecule has 0 aromatic heterocycles. The number of aryl methyl sites for hydroxylation is 1. The van der Waals surface area contributed by atoms with Crippen LogP contribution in [0.3, 0.4) is 0 Å². The number of benzene rings is 1. The zero-order valence-corrected chi connectivity index (χ0v) is 9.91. The van der Waals surface area contributed by atoms with Crippen molar-refractivity contribution in [3.63, 3.8) is 0 Å². The number of halogens is 1. The summed E-state index contributed by atoms with van der Waals surface area (Å²) in [7, 11) is 0. The normalized spacial score (nSPS) is 14.8. The molecule has 3 N–H and O–H groups in total. The average Bonchev–Trinajstić information content (AvgIpc) is 2.25. The second kappa shape index (κ2) is 5.97. The summed E-state index contributed by atoms with van der Waals surface area (Å²) in [6.45, 7) is 3.87. The molecule has 3 heteroatoms. The third kappa shape index (κ3) is 3.29. The molecular weight excluding hydrogens is 205 g/mol. The highest BCUT2D eigenvalue weighted by Gasteiger charge is 2.19. The van der Waals surface area contributed by atoms with Crippen molar-refractivity contribution in [2.45, 2.75) is 45.3 Å². The summed E-state index contributed by atoms with van der Waals surface area (Å²) in [6, 6.07) is 4.28. The maximum absolute atomic E-state index is 13.6. The topological polar surface area (TPSA) is 46.2 Å². The molecule has 0 saturated carbocycles. The minimum atomic E-state index is -0.669. The van der Waals surface area contributed by atoms with Crippen LogP contribution in [0.25, 0.3) is 0 Å². The highest BCUT2D eigenvalue weighted by molar-refractivity contribution is 5.26. The van der Waals surface area contributed by atoms with E-state index in [2.05, 4.69) is 0 Å². The Hall–Kier alpha value is -0.930. The van der Waals surface area contributed by atoms with Crippen LogP contribution in [-0.2, 0) is 0 Å². The van der Waals surface area contributed by atoms with Crippen LogP contribution in [0, 0.1) is 12.7 Å². The molecule has 0 saturated heterocycles. The molecule has 0 unspecified atom stereocenters.